The first kappa shape index (κ1) is 16.3. The normalized spacial score (nSPS) is 39.5. The number of aromatic hydroxyl groups is 1. The lowest BCUT2D eigenvalue weighted by Gasteiger charge is -2.42. The van der Waals surface area contributed by atoms with Gasteiger partial charge in [-0.05, 0) is 37.3 Å². The Balaban J connectivity index is 1.69. The van der Waals surface area contributed by atoms with E-state index in [1.807, 2.05) is 6.07 Å². The minimum atomic E-state index is -0.761. The number of carbonyl (C=O) groups excluding carboxylic acids is 1. The predicted molar refractivity (Wildman–Crippen MR) is 95.8 cm³/mol. The molecule has 26 heavy (non-hydrogen) atoms. The van der Waals surface area contributed by atoms with Crippen molar-refractivity contribution in [1.82, 2.24) is 5.32 Å². The van der Waals surface area contributed by atoms with Crippen LogP contribution in [0.4, 0.5) is 5.69 Å². The maximum absolute atomic E-state index is 13.6. The van der Waals surface area contributed by atoms with E-state index in [1.54, 1.807) is 12.1 Å². The van der Waals surface area contributed by atoms with Gasteiger partial charge >= 0.3 is 0 Å². The molecule has 4 aliphatic heterocycles. The molecular formula is C20H24N2O4. The van der Waals surface area contributed by atoms with E-state index < -0.39 is 5.41 Å². The second-order valence-electron chi connectivity index (χ2n) is 7.84. The van der Waals surface area contributed by atoms with Crippen LogP contribution in [0.1, 0.15) is 25.3 Å². The molecular weight excluding hydrogens is 332 g/mol. The zero-order chi connectivity index (χ0) is 18.1. The third-order valence-electron chi connectivity index (χ3n) is 6.93. The summed E-state index contributed by atoms with van der Waals surface area (Å²) in [6.07, 6.45) is 3.59. The van der Waals surface area contributed by atoms with Crippen molar-refractivity contribution in [3.8, 4) is 5.75 Å². The van der Waals surface area contributed by atoms with Crippen LogP contribution in [0.15, 0.2) is 29.8 Å². The number of rotatable bonds is 1. The first-order valence-electron chi connectivity index (χ1n) is 9.32. The number of hydrogen-bond acceptors (Lipinski definition) is 5. The lowest BCUT2D eigenvalue weighted by molar-refractivity contribution is -0.137. The molecule has 4 heterocycles. The second-order valence-corrected chi connectivity index (χ2v) is 7.84. The largest absolute Gasteiger partial charge is 0.508 e. The molecule has 0 aromatic heterocycles. The number of carbonyl (C=O) groups is 1. The van der Waals surface area contributed by atoms with E-state index >= 15 is 0 Å². The molecule has 4 fully saturated rings. The Hall–Kier alpha value is -1.89. The van der Waals surface area contributed by atoms with Crippen LogP contribution in [0, 0.1) is 11.8 Å². The van der Waals surface area contributed by atoms with Crippen molar-refractivity contribution >= 4 is 11.6 Å². The number of hydroxylamine groups is 1. The number of amides is 1. The Morgan fingerprint density at radius 1 is 1.46 bits per heavy atom. The molecule has 5 aliphatic rings. The van der Waals surface area contributed by atoms with E-state index in [1.165, 1.54) is 17.7 Å². The molecule has 2 unspecified atom stereocenters. The first-order chi connectivity index (χ1) is 12.6. The maximum Gasteiger partial charge on any atom is 0.264 e. The van der Waals surface area contributed by atoms with E-state index in [-0.39, 0.29) is 23.8 Å². The summed E-state index contributed by atoms with van der Waals surface area (Å²) in [5.41, 5.74) is 2.21. The van der Waals surface area contributed by atoms with Gasteiger partial charge in [-0.25, -0.2) is 0 Å². The van der Waals surface area contributed by atoms with Crippen molar-refractivity contribution in [3.05, 3.63) is 35.4 Å². The Morgan fingerprint density at radius 2 is 2.31 bits per heavy atom. The highest BCUT2D eigenvalue weighted by Gasteiger charge is 2.63. The van der Waals surface area contributed by atoms with Crippen LogP contribution in [-0.4, -0.2) is 43.4 Å². The summed E-state index contributed by atoms with van der Waals surface area (Å²) >= 11 is 0. The number of phenols is 1. The van der Waals surface area contributed by atoms with Gasteiger partial charge in [0.2, 0.25) is 0 Å². The quantitative estimate of drug-likeness (QED) is 0.752. The fraction of sp³-hybridized carbons (Fsp3) is 0.550. The third-order valence-corrected chi connectivity index (χ3v) is 6.93. The standard InChI is InChI=1S/C20H24N2O4/c1-3-11-9-21-16-8-20(18-7-13(11)14(16)10-26-18)15-5-4-12(23)6-17(15)22(25-2)19(20)24/h3-6,13-14,16,18,21,23H,7-10H2,1-2H3/b11-3+/t13-,14?,16?,18-,20-/m0/s1. The van der Waals surface area contributed by atoms with Gasteiger partial charge in [-0.3, -0.25) is 9.63 Å². The van der Waals surface area contributed by atoms with E-state index in [0.29, 0.717) is 30.6 Å². The molecule has 1 aromatic rings. The number of anilines is 1. The van der Waals surface area contributed by atoms with E-state index in [9.17, 15) is 9.90 Å². The van der Waals surface area contributed by atoms with Crippen molar-refractivity contribution in [2.75, 3.05) is 25.3 Å². The SMILES string of the molecule is C/C=C1\CNC2C[C@@]3(C(=O)N(OC)c4cc(O)ccc43)[C@@H]3C[C@@H]1C2CO3. The van der Waals surface area contributed by atoms with Gasteiger partial charge in [-0.1, -0.05) is 17.7 Å². The molecule has 3 saturated heterocycles. The third kappa shape index (κ3) is 1.89. The number of benzene rings is 1. The first-order valence-corrected chi connectivity index (χ1v) is 9.32. The van der Waals surface area contributed by atoms with Crippen molar-refractivity contribution in [2.24, 2.45) is 11.8 Å². The van der Waals surface area contributed by atoms with E-state index in [4.69, 9.17) is 9.57 Å². The summed E-state index contributed by atoms with van der Waals surface area (Å²) in [5.74, 6) is 0.912. The Bertz CT molecular complexity index is 807. The summed E-state index contributed by atoms with van der Waals surface area (Å²) in [6.45, 7) is 3.66. The molecule has 1 spiro atoms. The fourth-order valence-electron chi connectivity index (χ4n) is 5.69. The van der Waals surface area contributed by atoms with Gasteiger partial charge in [0.15, 0.2) is 0 Å². The average Bonchev–Trinajstić information content (AvgIpc) is 2.74. The second kappa shape index (κ2) is 5.55. The van der Waals surface area contributed by atoms with Crippen LogP contribution in [0.2, 0.25) is 0 Å². The summed E-state index contributed by atoms with van der Waals surface area (Å²) in [7, 11) is 1.49. The lowest BCUT2D eigenvalue weighted by atomic mass is 9.72. The maximum atomic E-state index is 13.6. The van der Waals surface area contributed by atoms with Crippen molar-refractivity contribution in [2.45, 2.75) is 37.3 Å². The molecule has 1 aliphatic carbocycles. The highest BCUT2D eigenvalue weighted by molar-refractivity contribution is 6.07. The lowest BCUT2D eigenvalue weighted by Crippen LogP contribution is -2.50. The number of allylic oxidation sites excluding steroid dienone is 1. The Morgan fingerprint density at radius 3 is 3.08 bits per heavy atom. The van der Waals surface area contributed by atoms with Crippen LogP contribution < -0.4 is 10.4 Å². The molecule has 6 nitrogen and oxygen atoms in total. The van der Waals surface area contributed by atoms with Gasteiger partial charge in [0.05, 0.1) is 25.5 Å². The molecule has 2 N–H and O–H groups in total. The van der Waals surface area contributed by atoms with Gasteiger partial charge in [0.1, 0.15) is 11.2 Å². The number of piperidine rings is 1. The highest BCUT2D eigenvalue weighted by Crippen LogP contribution is 2.56. The minimum absolute atomic E-state index is 0.0809. The highest BCUT2D eigenvalue weighted by atomic mass is 16.7. The number of nitrogens with zero attached hydrogens (tertiary/aromatic N) is 1. The Kier molecular flexibility index (Phi) is 3.48. The van der Waals surface area contributed by atoms with Crippen LogP contribution >= 0.6 is 0 Å². The monoisotopic (exact) mass is 356 g/mol. The molecule has 1 saturated carbocycles. The zero-order valence-corrected chi connectivity index (χ0v) is 15.1. The number of nitrogens with one attached hydrogen (secondary N) is 1. The van der Waals surface area contributed by atoms with Crippen LogP contribution in [0.25, 0.3) is 0 Å². The molecule has 6 rings (SSSR count). The van der Waals surface area contributed by atoms with Gasteiger partial charge in [-0.15, -0.1) is 0 Å². The van der Waals surface area contributed by atoms with Gasteiger partial charge in [0.25, 0.3) is 5.91 Å². The molecule has 1 amide bonds. The summed E-state index contributed by atoms with van der Waals surface area (Å²) in [4.78, 5) is 19.0. The number of hydrogen-bond donors (Lipinski definition) is 2. The van der Waals surface area contributed by atoms with Crippen molar-refractivity contribution in [3.63, 3.8) is 0 Å². The average molecular weight is 356 g/mol. The van der Waals surface area contributed by atoms with Gasteiger partial charge < -0.3 is 15.2 Å². The van der Waals surface area contributed by atoms with Crippen LogP contribution in [-0.2, 0) is 19.8 Å². The predicted octanol–water partition coefficient (Wildman–Crippen LogP) is 1.88. The molecule has 5 atom stereocenters. The van der Waals surface area contributed by atoms with E-state index in [0.717, 1.165) is 18.5 Å². The van der Waals surface area contributed by atoms with Crippen LogP contribution in [0.5, 0.6) is 5.75 Å². The minimum Gasteiger partial charge on any atom is -0.508 e. The molecule has 138 valence electrons. The van der Waals surface area contributed by atoms with Crippen molar-refractivity contribution in [1.29, 1.82) is 0 Å². The summed E-state index contributed by atoms with van der Waals surface area (Å²) in [5, 5.41) is 14.9. The van der Waals surface area contributed by atoms with E-state index in [2.05, 4.69) is 18.3 Å². The summed E-state index contributed by atoms with van der Waals surface area (Å²) in [6, 6.07) is 5.36. The number of ether oxygens (including phenoxy) is 1. The fourth-order valence-corrected chi connectivity index (χ4v) is 5.69. The molecule has 6 heteroatoms. The van der Waals surface area contributed by atoms with Gasteiger partial charge in [0, 0.05) is 24.6 Å². The molecule has 0 radical (unpaired) electrons. The smallest absolute Gasteiger partial charge is 0.264 e. The zero-order valence-electron chi connectivity index (χ0n) is 15.1. The molecule has 1 aromatic carbocycles. The Labute approximate surface area is 152 Å². The molecule has 4 bridgehead atoms. The van der Waals surface area contributed by atoms with Crippen LogP contribution in [0.3, 0.4) is 0 Å². The number of phenolic OH excluding ortho intramolecular Hbond substituents is 1. The topological polar surface area (TPSA) is 71.0 Å². The van der Waals surface area contributed by atoms with Crippen molar-refractivity contribution < 1.29 is 19.5 Å². The van der Waals surface area contributed by atoms with Gasteiger partial charge in [-0.2, -0.15) is 5.06 Å². The number of fused-ring (bicyclic) bond motifs is 2. The summed E-state index contributed by atoms with van der Waals surface area (Å²) < 4.78 is 6.29.